The highest BCUT2D eigenvalue weighted by Crippen LogP contribution is 2.33. The predicted octanol–water partition coefficient (Wildman–Crippen LogP) is 3.83. The number of hydrogen-bond acceptors (Lipinski definition) is 2. The van der Waals surface area contributed by atoms with Crippen LogP contribution < -0.4 is 5.73 Å². The van der Waals surface area contributed by atoms with Crippen molar-refractivity contribution in [2.24, 2.45) is 0 Å². The van der Waals surface area contributed by atoms with Crippen molar-refractivity contribution in [2.45, 2.75) is 39.8 Å². The summed E-state index contributed by atoms with van der Waals surface area (Å²) in [7, 11) is 0. The Bertz CT molecular complexity index is 332. The SMILES string of the molecule is CC.CC(C)c1ccc(C(F)(F)F)c(N)n1. The number of aromatic nitrogens is 1. The highest BCUT2D eigenvalue weighted by Gasteiger charge is 2.33. The zero-order chi connectivity index (χ0) is 12.9. The number of nitrogen functional groups attached to an aromatic ring is 1. The molecule has 0 aromatic carbocycles. The maximum absolute atomic E-state index is 12.3. The second-order valence-electron chi connectivity index (χ2n) is 3.32. The minimum atomic E-state index is -4.42. The van der Waals surface area contributed by atoms with E-state index in [0.29, 0.717) is 5.69 Å². The van der Waals surface area contributed by atoms with Crippen LogP contribution in [0.2, 0.25) is 0 Å². The van der Waals surface area contributed by atoms with Crippen LogP contribution in [0.4, 0.5) is 19.0 Å². The van der Waals surface area contributed by atoms with E-state index < -0.39 is 17.6 Å². The van der Waals surface area contributed by atoms with Crippen LogP contribution in [0.15, 0.2) is 12.1 Å². The number of halogens is 3. The minimum Gasteiger partial charge on any atom is -0.383 e. The first-order chi connectivity index (χ1) is 7.32. The van der Waals surface area contributed by atoms with E-state index in [-0.39, 0.29) is 5.92 Å². The molecule has 0 aliphatic heterocycles. The minimum absolute atomic E-state index is 0.0691. The average molecular weight is 234 g/mol. The Labute approximate surface area is 93.7 Å². The highest BCUT2D eigenvalue weighted by molar-refractivity contribution is 5.42. The Morgan fingerprint density at radius 3 is 2.00 bits per heavy atom. The fourth-order valence-corrected chi connectivity index (χ4v) is 1.05. The van der Waals surface area contributed by atoms with Crippen LogP contribution in [-0.2, 0) is 6.18 Å². The molecule has 0 aliphatic rings. The van der Waals surface area contributed by atoms with Crippen molar-refractivity contribution in [3.63, 3.8) is 0 Å². The number of hydrogen-bond donors (Lipinski definition) is 1. The van der Waals surface area contributed by atoms with E-state index in [4.69, 9.17) is 5.73 Å². The molecule has 1 aromatic rings. The normalized spacial score (nSPS) is 11.0. The molecule has 0 unspecified atom stereocenters. The fourth-order valence-electron chi connectivity index (χ4n) is 1.05. The Balaban J connectivity index is 0.00000106. The van der Waals surface area contributed by atoms with Gasteiger partial charge in [-0.3, -0.25) is 0 Å². The summed E-state index contributed by atoms with van der Waals surface area (Å²) < 4.78 is 36.8. The van der Waals surface area contributed by atoms with Crippen LogP contribution in [0.25, 0.3) is 0 Å². The summed E-state index contributed by atoms with van der Waals surface area (Å²) in [5.41, 5.74) is 4.91. The second-order valence-corrected chi connectivity index (χ2v) is 3.32. The average Bonchev–Trinajstić information content (AvgIpc) is 2.18. The molecule has 2 N–H and O–H groups in total. The topological polar surface area (TPSA) is 38.9 Å². The maximum Gasteiger partial charge on any atom is 0.419 e. The van der Waals surface area contributed by atoms with Gasteiger partial charge in [0, 0.05) is 5.69 Å². The molecule has 1 rings (SSSR count). The summed E-state index contributed by atoms with van der Waals surface area (Å²) in [5.74, 6) is -0.386. The predicted molar refractivity (Wildman–Crippen MR) is 59.1 cm³/mol. The maximum atomic E-state index is 12.3. The van der Waals surface area contributed by atoms with Gasteiger partial charge in [0.1, 0.15) is 5.82 Å². The number of anilines is 1. The van der Waals surface area contributed by atoms with Crippen LogP contribution in [-0.4, -0.2) is 4.98 Å². The van der Waals surface area contributed by atoms with Gasteiger partial charge in [-0.1, -0.05) is 27.7 Å². The van der Waals surface area contributed by atoms with Gasteiger partial charge in [-0.25, -0.2) is 4.98 Å². The Hall–Kier alpha value is -1.26. The summed E-state index contributed by atoms with van der Waals surface area (Å²) in [6.07, 6.45) is -4.42. The number of pyridine rings is 1. The van der Waals surface area contributed by atoms with E-state index >= 15 is 0 Å². The van der Waals surface area contributed by atoms with Crippen LogP contribution in [0.5, 0.6) is 0 Å². The molecule has 0 aliphatic carbocycles. The van der Waals surface area contributed by atoms with Crippen molar-refractivity contribution in [1.29, 1.82) is 0 Å². The van der Waals surface area contributed by atoms with E-state index in [2.05, 4.69) is 4.98 Å². The number of nitrogens with two attached hydrogens (primary N) is 1. The van der Waals surface area contributed by atoms with Crippen molar-refractivity contribution in [3.8, 4) is 0 Å². The molecule has 0 radical (unpaired) electrons. The lowest BCUT2D eigenvalue weighted by atomic mass is 10.1. The molecule has 1 aromatic heterocycles. The zero-order valence-corrected chi connectivity index (χ0v) is 9.89. The lowest BCUT2D eigenvalue weighted by Gasteiger charge is -2.11. The van der Waals surface area contributed by atoms with Crippen molar-refractivity contribution >= 4 is 5.82 Å². The van der Waals surface area contributed by atoms with Gasteiger partial charge in [0.05, 0.1) is 5.56 Å². The Kier molecular flexibility index (Phi) is 5.27. The molecule has 0 fully saturated rings. The number of alkyl halides is 3. The van der Waals surface area contributed by atoms with Gasteiger partial charge in [-0.15, -0.1) is 0 Å². The van der Waals surface area contributed by atoms with E-state index in [0.717, 1.165) is 6.07 Å². The van der Waals surface area contributed by atoms with Crippen LogP contribution in [0.3, 0.4) is 0 Å². The van der Waals surface area contributed by atoms with Gasteiger partial charge in [-0.05, 0) is 18.1 Å². The highest BCUT2D eigenvalue weighted by atomic mass is 19.4. The summed E-state index contributed by atoms with van der Waals surface area (Å²) in [6, 6.07) is 2.32. The summed E-state index contributed by atoms with van der Waals surface area (Å²) in [6.45, 7) is 7.68. The van der Waals surface area contributed by atoms with Gasteiger partial charge in [-0.2, -0.15) is 13.2 Å². The molecule has 0 spiro atoms. The molecule has 5 heteroatoms. The van der Waals surface area contributed by atoms with Gasteiger partial charge in [0.15, 0.2) is 0 Å². The lowest BCUT2D eigenvalue weighted by molar-refractivity contribution is -0.137. The molecule has 0 saturated heterocycles. The summed E-state index contributed by atoms with van der Waals surface area (Å²) >= 11 is 0. The van der Waals surface area contributed by atoms with E-state index in [1.165, 1.54) is 6.07 Å². The summed E-state index contributed by atoms with van der Waals surface area (Å²) in [5, 5.41) is 0. The van der Waals surface area contributed by atoms with Gasteiger partial charge >= 0.3 is 6.18 Å². The molecule has 16 heavy (non-hydrogen) atoms. The fraction of sp³-hybridized carbons (Fsp3) is 0.545. The van der Waals surface area contributed by atoms with Gasteiger partial charge in [0.25, 0.3) is 0 Å². The van der Waals surface area contributed by atoms with Crippen molar-refractivity contribution in [3.05, 3.63) is 23.4 Å². The first-order valence-corrected chi connectivity index (χ1v) is 5.16. The third-order valence-electron chi connectivity index (χ3n) is 1.84. The molecular formula is C11H17F3N2. The first kappa shape index (κ1) is 14.7. The second kappa shape index (κ2) is 5.72. The number of rotatable bonds is 1. The van der Waals surface area contributed by atoms with Gasteiger partial charge in [0.2, 0.25) is 0 Å². The zero-order valence-electron chi connectivity index (χ0n) is 9.89. The number of nitrogens with zero attached hydrogens (tertiary/aromatic N) is 1. The molecular weight excluding hydrogens is 217 g/mol. The van der Waals surface area contributed by atoms with E-state index in [1.807, 2.05) is 27.7 Å². The molecule has 0 atom stereocenters. The third-order valence-corrected chi connectivity index (χ3v) is 1.84. The third kappa shape index (κ3) is 3.72. The van der Waals surface area contributed by atoms with Crippen LogP contribution in [0, 0.1) is 0 Å². The van der Waals surface area contributed by atoms with E-state index in [9.17, 15) is 13.2 Å². The molecule has 1 heterocycles. The Morgan fingerprint density at radius 1 is 1.19 bits per heavy atom. The first-order valence-electron chi connectivity index (χ1n) is 5.16. The Morgan fingerprint density at radius 2 is 1.69 bits per heavy atom. The molecule has 0 bridgehead atoms. The monoisotopic (exact) mass is 234 g/mol. The van der Waals surface area contributed by atoms with E-state index in [1.54, 1.807) is 0 Å². The molecule has 0 amide bonds. The molecule has 92 valence electrons. The van der Waals surface area contributed by atoms with Crippen LogP contribution >= 0.6 is 0 Å². The largest absolute Gasteiger partial charge is 0.419 e. The standard InChI is InChI=1S/C9H11F3N2.C2H6/c1-5(2)7-4-3-6(8(13)14-7)9(10,11)12;1-2/h3-5H,1-2H3,(H2,13,14);1-2H3. The van der Waals surface area contributed by atoms with Crippen LogP contribution in [0.1, 0.15) is 44.9 Å². The summed E-state index contributed by atoms with van der Waals surface area (Å²) in [4.78, 5) is 3.70. The van der Waals surface area contributed by atoms with Gasteiger partial charge < -0.3 is 5.73 Å². The van der Waals surface area contributed by atoms with Crippen molar-refractivity contribution in [1.82, 2.24) is 4.98 Å². The smallest absolute Gasteiger partial charge is 0.383 e. The molecule has 0 saturated carbocycles. The van der Waals surface area contributed by atoms with Crippen molar-refractivity contribution < 1.29 is 13.2 Å². The van der Waals surface area contributed by atoms with Crippen molar-refractivity contribution in [2.75, 3.05) is 5.73 Å². The molecule has 2 nitrogen and oxygen atoms in total. The lowest BCUT2D eigenvalue weighted by Crippen LogP contribution is -2.11. The quantitative estimate of drug-likeness (QED) is 0.802.